The number of rotatable bonds is 7. The van der Waals surface area contributed by atoms with E-state index in [1.54, 1.807) is 24.3 Å². The van der Waals surface area contributed by atoms with Gasteiger partial charge in [-0.3, -0.25) is 9.69 Å². The number of esters is 1. The average molecular weight is 325 g/mol. The Morgan fingerprint density at radius 1 is 1.25 bits per heavy atom. The zero-order valence-electron chi connectivity index (χ0n) is 14.2. The molecule has 0 N–H and O–H groups in total. The Balaban J connectivity index is 2.26. The maximum absolute atomic E-state index is 12.5. The van der Waals surface area contributed by atoms with E-state index in [0.29, 0.717) is 17.6 Å². The number of ether oxygens (including phenoxy) is 1. The van der Waals surface area contributed by atoms with Crippen molar-refractivity contribution in [2.45, 2.75) is 26.0 Å². The molecule has 2 rings (SSSR count). The zero-order valence-corrected chi connectivity index (χ0v) is 14.2. The number of hydrogen-bond donors (Lipinski definition) is 0. The van der Waals surface area contributed by atoms with E-state index < -0.39 is 11.7 Å². The molecular formula is C20H23NO3. The van der Waals surface area contributed by atoms with E-state index in [1.165, 1.54) is 0 Å². The summed E-state index contributed by atoms with van der Waals surface area (Å²) in [6, 6.07) is 9.14. The van der Waals surface area contributed by atoms with Crippen LogP contribution in [0.5, 0.6) is 0 Å². The number of benzene rings is 1. The van der Waals surface area contributed by atoms with Crippen LogP contribution in [0.1, 0.15) is 30.6 Å². The van der Waals surface area contributed by atoms with E-state index in [4.69, 9.17) is 4.74 Å². The Bertz CT molecular complexity index is 671. The van der Waals surface area contributed by atoms with Gasteiger partial charge in [-0.25, -0.2) is 4.79 Å². The number of Topliss-reactive ketones (excluding diaryl/α,β-unsaturated/α-hetero) is 1. The normalized spacial score (nSPS) is 19.7. The van der Waals surface area contributed by atoms with Crippen LogP contribution in [0.3, 0.4) is 0 Å². The molecule has 1 aromatic rings. The summed E-state index contributed by atoms with van der Waals surface area (Å²) >= 11 is 0. The lowest BCUT2D eigenvalue weighted by atomic mass is 9.93. The molecule has 0 heterocycles. The second-order valence-electron chi connectivity index (χ2n) is 5.53. The Morgan fingerprint density at radius 3 is 2.42 bits per heavy atom. The molecule has 0 saturated carbocycles. The molecule has 126 valence electrons. The van der Waals surface area contributed by atoms with E-state index in [2.05, 4.69) is 6.58 Å². The smallest absolute Gasteiger partial charge is 0.332 e. The fourth-order valence-electron chi connectivity index (χ4n) is 2.89. The van der Waals surface area contributed by atoms with Crippen LogP contribution in [0.25, 0.3) is 0 Å². The molecule has 4 nitrogen and oxygen atoms in total. The molecular weight excluding hydrogens is 302 g/mol. The summed E-state index contributed by atoms with van der Waals surface area (Å²) in [5, 5.41) is 0. The topological polar surface area (TPSA) is 46.6 Å². The van der Waals surface area contributed by atoms with Gasteiger partial charge in [0.2, 0.25) is 0 Å². The first-order chi connectivity index (χ1) is 11.6. The molecule has 0 radical (unpaired) electrons. The third-order valence-electron chi connectivity index (χ3n) is 4.18. The highest BCUT2D eigenvalue weighted by Gasteiger charge is 2.37. The zero-order chi connectivity index (χ0) is 17.6. The molecule has 0 fully saturated rings. The van der Waals surface area contributed by atoms with Crippen LogP contribution < -0.4 is 0 Å². The molecule has 4 heteroatoms. The van der Waals surface area contributed by atoms with Crippen LogP contribution in [0.2, 0.25) is 0 Å². The minimum Gasteiger partial charge on any atom is -0.436 e. The fraction of sp³-hybridized carbons (Fsp3) is 0.300. The van der Waals surface area contributed by atoms with Crippen molar-refractivity contribution in [2.75, 3.05) is 13.1 Å². The van der Waals surface area contributed by atoms with Crippen molar-refractivity contribution in [3.8, 4) is 0 Å². The van der Waals surface area contributed by atoms with Gasteiger partial charge < -0.3 is 4.74 Å². The SMILES string of the molecule is C=CC(=O)OC1(N(CC)CC)C=CC(C(=O)c2ccccc2)=CC1. The second kappa shape index (κ2) is 7.88. The van der Waals surface area contributed by atoms with E-state index in [1.807, 2.05) is 43.0 Å². The van der Waals surface area contributed by atoms with Crippen LogP contribution >= 0.6 is 0 Å². The molecule has 1 aliphatic carbocycles. The van der Waals surface area contributed by atoms with Gasteiger partial charge in [0.15, 0.2) is 11.5 Å². The third kappa shape index (κ3) is 3.71. The highest BCUT2D eigenvalue weighted by molar-refractivity contribution is 6.10. The molecule has 0 saturated heterocycles. The lowest BCUT2D eigenvalue weighted by Crippen LogP contribution is -2.50. The van der Waals surface area contributed by atoms with E-state index >= 15 is 0 Å². The van der Waals surface area contributed by atoms with Gasteiger partial charge in [-0.15, -0.1) is 0 Å². The Morgan fingerprint density at radius 2 is 1.92 bits per heavy atom. The number of carbonyl (C=O) groups is 2. The number of hydrogen-bond acceptors (Lipinski definition) is 4. The van der Waals surface area contributed by atoms with Gasteiger partial charge in [0, 0.05) is 23.6 Å². The van der Waals surface area contributed by atoms with Gasteiger partial charge in [-0.2, -0.15) is 0 Å². The Labute approximate surface area is 143 Å². The van der Waals surface area contributed by atoms with Crippen LogP contribution in [-0.2, 0) is 9.53 Å². The van der Waals surface area contributed by atoms with Crippen LogP contribution in [-0.4, -0.2) is 35.5 Å². The predicted octanol–water partition coefficient (Wildman–Crippen LogP) is 3.52. The quantitative estimate of drug-likeness (QED) is 0.333. The highest BCUT2D eigenvalue weighted by Crippen LogP contribution is 2.30. The van der Waals surface area contributed by atoms with Gasteiger partial charge in [0.1, 0.15) is 0 Å². The highest BCUT2D eigenvalue weighted by atomic mass is 16.6. The van der Waals surface area contributed by atoms with E-state index in [9.17, 15) is 9.59 Å². The van der Waals surface area contributed by atoms with Gasteiger partial charge >= 0.3 is 5.97 Å². The van der Waals surface area contributed by atoms with E-state index in [0.717, 1.165) is 19.2 Å². The third-order valence-corrected chi connectivity index (χ3v) is 4.18. The first-order valence-electron chi connectivity index (χ1n) is 8.16. The number of likely N-dealkylation sites (N-methyl/N-ethyl adjacent to an activating group) is 1. The first kappa shape index (κ1) is 17.9. The summed E-state index contributed by atoms with van der Waals surface area (Å²) < 4.78 is 5.63. The Hall–Kier alpha value is -2.46. The van der Waals surface area contributed by atoms with Crippen molar-refractivity contribution in [3.63, 3.8) is 0 Å². The van der Waals surface area contributed by atoms with Crippen LogP contribution in [0.15, 0.2) is 66.8 Å². The predicted molar refractivity (Wildman–Crippen MR) is 94.6 cm³/mol. The average Bonchev–Trinajstić information content (AvgIpc) is 2.63. The lowest BCUT2D eigenvalue weighted by molar-refractivity contribution is -0.166. The molecule has 0 spiro atoms. The summed E-state index contributed by atoms with van der Waals surface area (Å²) in [5.41, 5.74) is 0.389. The van der Waals surface area contributed by atoms with Crippen LogP contribution in [0.4, 0.5) is 0 Å². The van der Waals surface area contributed by atoms with Gasteiger partial charge in [0.05, 0.1) is 0 Å². The van der Waals surface area contributed by atoms with E-state index in [-0.39, 0.29) is 5.78 Å². The largest absolute Gasteiger partial charge is 0.436 e. The number of nitrogens with zero attached hydrogens (tertiary/aromatic N) is 1. The number of ketones is 1. The fourth-order valence-corrected chi connectivity index (χ4v) is 2.89. The molecule has 1 aromatic carbocycles. The van der Waals surface area contributed by atoms with Crippen molar-refractivity contribution in [2.24, 2.45) is 0 Å². The number of allylic oxidation sites excluding steroid dienone is 2. The van der Waals surface area contributed by atoms with Gasteiger partial charge in [-0.05, 0) is 25.2 Å². The minimum atomic E-state index is -0.866. The molecule has 0 amide bonds. The van der Waals surface area contributed by atoms with Crippen molar-refractivity contribution in [1.29, 1.82) is 0 Å². The molecule has 1 atom stereocenters. The molecule has 0 aromatic heterocycles. The standard InChI is InChI=1S/C20H23NO3/c1-4-18(22)24-20(21(5-2)6-3)14-12-17(13-15-20)19(23)16-10-8-7-9-11-16/h4,7-14H,1,5-6,15H2,2-3H3. The van der Waals surface area contributed by atoms with Gasteiger partial charge in [0.25, 0.3) is 0 Å². The summed E-state index contributed by atoms with van der Waals surface area (Å²) in [4.78, 5) is 26.4. The summed E-state index contributed by atoms with van der Waals surface area (Å²) in [7, 11) is 0. The molecule has 0 bridgehead atoms. The van der Waals surface area contributed by atoms with Crippen molar-refractivity contribution < 1.29 is 14.3 Å². The summed E-state index contributed by atoms with van der Waals surface area (Å²) in [6.45, 7) is 8.93. The van der Waals surface area contributed by atoms with Crippen LogP contribution in [0, 0.1) is 0 Å². The van der Waals surface area contributed by atoms with Crippen molar-refractivity contribution >= 4 is 11.8 Å². The second-order valence-corrected chi connectivity index (χ2v) is 5.53. The van der Waals surface area contributed by atoms with Crippen molar-refractivity contribution in [3.05, 3.63) is 72.4 Å². The molecule has 1 aliphatic rings. The molecule has 0 aliphatic heterocycles. The van der Waals surface area contributed by atoms with Crippen molar-refractivity contribution in [1.82, 2.24) is 4.90 Å². The first-order valence-corrected chi connectivity index (χ1v) is 8.16. The number of carbonyl (C=O) groups excluding carboxylic acids is 2. The molecule has 24 heavy (non-hydrogen) atoms. The Kier molecular flexibility index (Phi) is 5.88. The van der Waals surface area contributed by atoms with Gasteiger partial charge in [-0.1, -0.05) is 56.8 Å². The lowest BCUT2D eigenvalue weighted by Gasteiger charge is -2.40. The molecule has 1 unspecified atom stereocenters. The summed E-state index contributed by atoms with van der Waals surface area (Å²) in [6.07, 6.45) is 6.97. The minimum absolute atomic E-state index is 0.0324. The monoisotopic (exact) mass is 325 g/mol. The maximum Gasteiger partial charge on any atom is 0.332 e. The summed E-state index contributed by atoms with van der Waals surface area (Å²) in [5.74, 6) is -0.507. The maximum atomic E-state index is 12.5.